The highest BCUT2D eigenvalue weighted by molar-refractivity contribution is 7.80. The molecular formula is C7H10O4S. The lowest BCUT2D eigenvalue weighted by Gasteiger charge is -2.00. The lowest BCUT2D eigenvalue weighted by Crippen LogP contribution is -2.09. The molecule has 0 radical (unpaired) electrons. The fourth-order valence-electron chi connectivity index (χ4n) is 0.496. The van der Waals surface area contributed by atoms with Crippen molar-refractivity contribution in [3.63, 3.8) is 0 Å². The third kappa shape index (κ3) is 4.79. The molecule has 0 unspecified atom stereocenters. The van der Waals surface area contributed by atoms with Crippen LogP contribution >= 0.6 is 12.6 Å². The van der Waals surface area contributed by atoms with Gasteiger partial charge >= 0.3 is 11.9 Å². The maximum Gasteiger partial charge on any atom is 0.334 e. The standard InChI is InChI=1S/C7H10O4S/c1-5(4-6(8)9)7(10)11-2-3-12/h4,12H,2-3H2,1H3,(H,8,9)/b5-4-. The number of aliphatic carboxylic acids is 1. The molecule has 0 saturated carbocycles. The summed E-state index contributed by atoms with van der Waals surface area (Å²) in [6.07, 6.45) is 0.806. The highest BCUT2D eigenvalue weighted by atomic mass is 32.1. The average molecular weight is 190 g/mol. The van der Waals surface area contributed by atoms with Crippen LogP contribution in [-0.4, -0.2) is 29.4 Å². The Labute approximate surface area is 75.6 Å². The molecule has 4 nitrogen and oxygen atoms in total. The molecule has 5 heteroatoms. The van der Waals surface area contributed by atoms with Crippen molar-refractivity contribution >= 4 is 24.6 Å². The van der Waals surface area contributed by atoms with Gasteiger partial charge in [0.15, 0.2) is 0 Å². The first-order valence-electron chi connectivity index (χ1n) is 3.27. The molecule has 0 atom stereocenters. The summed E-state index contributed by atoms with van der Waals surface area (Å²) in [5.41, 5.74) is 0.0734. The van der Waals surface area contributed by atoms with E-state index in [4.69, 9.17) is 5.11 Å². The summed E-state index contributed by atoms with van der Waals surface area (Å²) in [5.74, 6) is -1.35. The van der Waals surface area contributed by atoms with Gasteiger partial charge < -0.3 is 9.84 Å². The summed E-state index contributed by atoms with van der Waals surface area (Å²) in [7, 11) is 0. The molecule has 0 bridgehead atoms. The van der Waals surface area contributed by atoms with Crippen LogP contribution in [0.5, 0.6) is 0 Å². The summed E-state index contributed by atoms with van der Waals surface area (Å²) in [6.45, 7) is 1.57. The Balaban J connectivity index is 4.01. The van der Waals surface area contributed by atoms with Crippen molar-refractivity contribution in [3.8, 4) is 0 Å². The molecule has 0 spiro atoms. The Bertz CT molecular complexity index is 209. The third-order valence-corrected chi connectivity index (χ3v) is 1.17. The number of thiol groups is 1. The van der Waals surface area contributed by atoms with E-state index in [9.17, 15) is 9.59 Å². The molecule has 0 heterocycles. The molecule has 0 aliphatic carbocycles. The first-order chi connectivity index (χ1) is 5.57. The lowest BCUT2D eigenvalue weighted by atomic mass is 10.3. The molecule has 0 rings (SSSR count). The van der Waals surface area contributed by atoms with Crippen LogP contribution in [0.2, 0.25) is 0 Å². The van der Waals surface area contributed by atoms with Crippen LogP contribution in [0.3, 0.4) is 0 Å². The zero-order chi connectivity index (χ0) is 9.56. The van der Waals surface area contributed by atoms with Crippen molar-refractivity contribution < 1.29 is 19.4 Å². The number of ether oxygens (including phenoxy) is 1. The number of carbonyl (C=O) groups excluding carboxylic acids is 1. The Morgan fingerprint density at radius 1 is 1.58 bits per heavy atom. The SMILES string of the molecule is C/C(=C/C(=O)O)C(=O)OCCS. The van der Waals surface area contributed by atoms with Crippen LogP contribution in [0.1, 0.15) is 6.92 Å². The third-order valence-electron chi connectivity index (χ3n) is 0.986. The number of hydrogen-bond acceptors (Lipinski definition) is 4. The average Bonchev–Trinajstić information content (AvgIpc) is 1.98. The van der Waals surface area contributed by atoms with Gasteiger partial charge in [0.1, 0.15) is 6.61 Å². The van der Waals surface area contributed by atoms with Gasteiger partial charge in [0.05, 0.1) is 0 Å². The van der Waals surface area contributed by atoms with Crippen molar-refractivity contribution in [3.05, 3.63) is 11.6 Å². The lowest BCUT2D eigenvalue weighted by molar-refractivity contribution is -0.139. The van der Waals surface area contributed by atoms with E-state index in [1.165, 1.54) is 6.92 Å². The minimum atomic E-state index is -1.16. The van der Waals surface area contributed by atoms with Crippen molar-refractivity contribution in [1.82, 2.24) is 0 Å². The van der Waals surface area contributed by atoms with Gasteiger partial charge in [-0.15, -0.1) is 0 Å². The van der Waals surface area contributed by atoms with E-state index in [-0.39, 0.29) is 12.2 Å². The number of carboxylic acid groups (broad SMARTS) is 1. The summed E-state index contributed by atoms with van der Waals surface area (Å²) < 4.78 is 4.61. The van der Waals surface area contributed by atoms with E-state index < -0.39 is 11.9 Å². The van der Waals surface area contributed by atoms with Crippen molar-refractivity contribution in [1.29, 1.82) is 0 Å². The molecule has 0 aliphatic rings. The number of esters is 1. The monoisotopic (exact) mass is 190 g/mol. The summed E-state index contributed by atoms with van der Waals surface area (Å²) in [6, 6.07) is 0. The van der Waals surface area contributed by atoms with E-state index in [2.05, 4.69) is 17.4 Å². The smallest absolute Gasteiger partial charge is 0.334 e. The summed E-state index contributed by atoms with van der Waals surface area (Å²) in [4.78, 5) is 20.9. The zero-order valence-electron chi connectivity index (χ0n) is 6.61. The molecule has 0 aromatic carbocycles. The topological polar surface area (TPSA) is 63.6 Å². The summed E-state index contributed by atoms with van der Waals surface area (Å²) in [5, 5.41) is 8.26. The fraction of sp³-hybridized carbons (Fsp3) is 0.429. The number of hydrogen-bond donors (Lipinski definition) is 2. The molecule has 0 aromatic rings. The maximum absolute atomic E-state index is 10.8. The Hall–Kier alpha value is -0.970. The Morgan fingerprint density at radius 3 is 2.58 bits per heavy atom. The van der Waals surface area contributed by atoms with Crippen LogP contribution in [0.25, 0.3) is 0 Å². The minimum Gasteiger partial charge on any atom is -0.478 e. The number of carbonyl (C=O) groups is 2. The number of carboxylic acids is 1. The van der Waals surface area contributed by atoms with Crippen LogP contribution in [-0.2, 0) is 14.3 Å². The predicted octanol–water partition coefficient (Wildman–Crippen LogP) is 0.490. The molecule has 0 aliphatic heterocycles. The molecular weight excluding hydrogens is 180 g/mol. The van der Waals surface area contributed by atoms with E-state index in [1.807, 2.05) is 0 Å². The number of rotatable bonds is 4. The van der Waals surface area contributed by atoms with Gasteiger partial charge in [-0.2, -0.15) is 12.6 Å². The van der Waals surface area contributed by atoms with E-state index in [0.717, 1.165) is 6.08 Å². The van der Waals surface area contributed by atoms with Crippen molar-refractivity contribution in [2.24, 2.45) is 0 Å². The molecule has 12 heavy (non-hydrogen) atoms. The molecule has 1 N–H and O–H groups in total. The van der Waals surface area contributed by atoms with Gasteiger partial charge in [-0.25, -0.2) is 9.59 Å². The Kier molecular flexibility index (Phi) is 5.19. The second-order valence-corrected chi connectivity index (χ2v) is 2.47. The Morgan fingerprint density at radius 2 is 2.17 bits per heavy atom. The highest BCUT2D eigenvalue weighted by Gasteiger charge is 2.06. The van der Waals surface area contributed by atoms with E-state index in [0.29, 0.717) is 5.75 Å². The van der Waals surface area contributed by atoms with E-state index in [1.54, 1.807) is 0 Å². The normalized spacial score (nSPS) is 11.0. The van der Waals surface area contributed by atoms with Crippen LogP contribution in [0, 0.1) is 0 Å². The van der Waals surface area contributed by atoms with Gasteiger partial charge in [-0.1, -0.05) is 0 Å². The van der Waals surface area contributed by atoms with E-state index >= 15 is 0 Å². The first kappa shape index (κ1) is 11.0. The summed E-state index contributed by atoms with van der Waals surface area (Å²) >= 11 is 3.82. The first-order valence-corrected chi connectivity index (χ1v) is 3.90. The molecule has 0 saturated heterocycles. The predicted molar refractivity (Wildman–Crippen MR) is 46.2 cm³/mol. The fourth-order valence-corrected chi connectivity index (χ4v) is 0.588. The van der Waals surface area contributed by atoms with Gasteiger partial charge in [-0.05, 0) is 6.92 Å². The minimum absolute atomic E-state index is 0.0734. The second kappa shape index (κ2) is 5.65. The quantitative estimate of drug-likeness (QED) is 0.385. The van der Waals surface area contributed by atoms with Crippen LogP contribution in [0.4, 0.5) is 0 Å². The van der Waals surface area contributed by atoms with Crippen LogP contribution < -0.4 is 0 Å². The zero-order valence-corrected chi connectivity index (χ0v) is 7.51. The van der Waals surface area contributed by atoms with Gasteiger partial charge in [0, 0.05) is 17.4 Å². The largest absolute Gasteiger partial charge is 0.478 e. The molecule has 68 valence electrons. The maximum atomic E-state index is 10.8. The van der Waals surface area contributed by atoms with Crippen molar-refractivity contribution in [2.75, 3.05) is 12.4 Å². The highest BCUT2D eigenvalue weighted by Crippen LogP contribution is 1.96. The van der Waals surface area contributed by atoms with Crippen LogP contribution in [0.15, 0.2) is 11.6 Å². The second-order valence-electron chi connectivity index (χ2n) is 2.03. The van der Waals surface area contributed by atoms with Gasteiger partial charge in [0.25, 0.3) is 0 Å². The van der Waals surface area contributed by atoms with Crippen molar-refractivity contribution in [2.45, 2.75) is 6.92 Å². The molecule has 0 amide bonds. The molecule has 0 aromatic heterocycles. The van der Waals surface area contributed by atoms with Gasteiger partial charge in [0.2, 0.25) is 0 Å². The molecule has 0 fully saturated rings. The van der Waals surface area contributed by atoms with Gasteiger partial charge in [-0.3, -0.25) is 0 Å².